The smallest absolute Gasteiger partial charge is 0.137 e. The van der Waals surface area contributed by atoms with E-state index in [9.17, 15) is 0 Å². The summed E-state index contributed by atoms with van der Waals surface area (Å²) in [6, 6.07) is 23.0. The standard InChI is InChI=1S/C19H18N2/c1-15-6-10-17(11-7-15)21(19-5-3-4-14-20-19)18-12-8-16(2)9-13-18/h3-14H,1-2H3. The fourth-order valence-corrected chi connectivity index (χ4v) is 2.29. The fraction of sp³-hybridized carbons (Fsp3) is 0.105. The molecule has 0 saturated carbocycles. The largest absolute Gasteiger partial charge is 0.295 e. The Kier molecular flexibility index (Phi) is 3.69. The molecule has 2 heteroatoms. The van der Waals surface area contributed by atoms with Crippen molar-refractivity contribution in [1.82, 2.24) is 4.98 Å². The molecule has 3 rings (SSSR count). The second-order valence-electron chi connectivity index (χ2n) is 5.19. The number of aryl methyl sites for hydroxylation is 2. The Morgan fingerprint density at radius 2 is 1.19 bits per heavy atom. The third-order valence-corrected chi connectivity index (χ3v) is 3.46. The van der Waals surface area contributed by atoms with Gasteiger partial charge in [0.2, 0.25) is 0 Å². The minimum absolute atomic E-state index is 0.921. The van der Waals surface area contributed by atoms with Crippen molar-refractivity contribution in [2.24, 2.45) is 0 Å². The third kappa shape index (κ3) is 2.95. The van der Waals surface area contributed by atoms with Crippen LogP contribution in [0.25, 0.3) is 0 Å². The quantitative estimate of drug-likeness (QED) is 0.655. The highest BCUT2D eigenvalue weighted by molar-refractivity contribution is 5.74. The molecule has 0 fully saturated rings. The van der Waals surface area contributed by atoms with Gasteiger partial charge in [0.25, 0.3) is 0 Å². The van der Waals surface area contributed by atoms with Crippen LogP contribution in [-0.2, 0) is 0 Å². The molecule has 2 aromatic carbocycles. The highest BCUT2D eigenvalue weighted by Gasteiger charge is 2.12. The van der Waals surface area contributed by atoms with Crippen LogP contribution in [0.2, 0.25) is 0 Å². The molecule has 0 saturated heterocycles. The van der Waals surface area contributed by atoms with E-state index >= 15 is 0 Å². The van der Waals surface area contributed by atoms with Gasteiger partial charge in [-0.15, -0.1) is 0 Å². The molecule has 2 nitrogen and oxygen atoms in total. The van der Waals surface area contributed by atoms with Crippen LogP contribution in [0.5, 0.6) is 0 Å². The molecule has 21 heavy (non-hydrogen) atoms. The first-order valence-electron chi connectivity index (χ1n) is 7.08. The number of rotatable bonds is 3. The van der Waals surface area contributed by atoms with Gasteiger partial charge in [0.1, 0.15) is 5.82 Å². The molecule has 1 aromatic heterocycles. The minimum Gasteiger partial charge on any atom is -0.295 e. The number of benzene rings is 2. The zero-order valence-corrected chi connectivity index (χ0v) is 12.3. The van der Waals surface area contributed by atoms with Gasteiger partial charge >= 0.3 is 0 Å². The van der Waals surface area contributed by atoms with Gasteiger partial charge in [-0.25, -0.2) is 4.98 Å². The normalized spacial score (nSPS) is 10.4. The molecule has 0 radical (unpaired) electrons. The summed E-state index contributed by atoms with van der Waals surface area (Å²) in [5.74, 6) is 0.921. The fourth-order valence-electron chi connectivity index (χ4n) is 2.29. The lowest BCUT2D eigenvalue weighted by molar-refractivity contribution is 1.17. The Hall–Kier alpha value is -2.61. The Bertz CT molecular complexity index is 655. The summed E-state index contributed by atoms with van der Waals surface area (Å²) in [7, 11) is 0. The Balaban J connectivity index is 2.11. The molecule has 0 amide bonds. The summed E-state index contributed by atoms with van der Waals surface area (Å²) < 4.78 is 0. The highest BCUT2D eigenvalue weighted by Crippen LogP contribution is 2.32. The molecular weight excluding hydrogens is 256 g/mol. The first kappa shape index (κ1) is 13.4. The Labute approximate surface area is 125 Å². The van der Waals surface area contributed by atoms with E-state index in [1.807, 2.05) is 24.4 Å². The van der Waals surface area contributed by atoms with Gasteiger partial charge < -0.3 is 0 Å². The van der Waals surface area contributed by atoms with Gasteiger partial charge in [-0.1, -0.05) is 41.5 Å². The second-order valence-corrected chi connectivity index (χ2v) is 5.19. The molecule has 0 aliphatic heterocycles. The van der Waals surface area contributed by atoms with E-state index in [1.54, 1.807) is 0 Å². The van der Waals surface area contributed by atoms with Crippen LogP contribution in [0.1, 0.15) is 11.1 Å². The van der Waals surface area contributed by atoms with Crippen LogP contribution < -0.4 is 4.90 Å². The molecule has 0 N–H and O–H groups in total. The molecule has 0 aliphatic rings. The molecule has 0 spiro atoms. The molecule has 0 bridgehead atoms. The van der Waals surface area contributed by atoms with Crippen LogP contribution in [0.4, 0.5) is 17.2 Å². The average molecular weight is 274 g/mol. The first-order chi connectivity index (χ1) is 10.2. The van der Waals surface area contributed by atoms with Crippen molar-refractivity contribution in [3.63, 3.8) is 0 Å². The molecular formula is C19H18N2. The lowest BCUT2D eigenvalue weighted by atomic mass is 10.1. The van der Waals surface area contributed by atoms with Crippen molar-refractivity contribution < 1.29 is 0 Å². The van der Waals surface area contributed by atoms with Crippen LogP contribution >= 0.6 is 0 Å². The summed E-state index contributed by atoms with van der Waals surface area (Å²) in [4.78, 5) is 6.67. The van der Waals surface area contributed by atoms with Crippen LogP contribution in [0.3, 0.4) is 0 Å². The summed E-state index contributed by atoms with van der Waals surface area (Å²) >= 11 is 0. The van der Waals surface area contributed by atoms with E-state index in [1.165, 1.54) is 11.1 Å². The lowest BCUT2D eigenvalue weighted by Crippen LogP contribution is -2.11. The number of nitrogens with zero attached hydrogens (tertiary/aromatic N) is 2. The van der Waals surface area contributed by atoms with Crippen molar-refractivity contribution in [1.29, 1.82) is 0 Å². The van der Waals surface area contributed by atoms with E-state index in [2.05, 4.69) is 72.3 Å². The SMILES string of the molecule is Cc1ccc(N(c2ccc(C)cc2)c2ccccn2)cc1. The van der Waals surface area contributed by atoms with Gasteiger partial charge in [-0.05, 0) is 50.2 Å². The zero-order chi connectivity index (χ0) is 14.7. The first-order valence-corrected chi connectivity index (χ1v) is 7.08. The van der Waals surface area contributed by atoms with E-state index < -0.39 is 0 Å². The number of aromatic nitrogens is 1. The second kappa shape index (κ2) is 5.80. The van der Waals surface area contributed by atoms with Crippen molar-refractivity contribution in [2.45, 2.75) is 13.8 Å². The van der Waals surface area contributed by atoms with E-state index in [0.29, 0.717) is 0 Å². The average Bonchev–Trinajstić information content (AvgIpc) is 2.52. The Morgan fingerprint density at radius 1 is 0.667 bits per heavy atom. The van der Waals surface area contributed by atoms with Crippen molar-refractivity contribution in [2.75, 3.05) is 4.90 Å². The van der Waals surface area contributed by atoms with Crippen LogP contribution in [-0.4, -0.2) is 4.98 Å². The summed E-state index contributed by atoms with van der Waals surface area (Å²) in [6.45, 7) is 4.20. The molecule has 104 valence electrons. The highest BCUT2D eigenvalue weighted by atomic mass is 15.2. The van der Waals surface area contributed by atoms with Crippen molar-refractivity contribution in [3.8, 4) is 0 Å². The van der Waals surface area contributed by atoms with Crippen molar-refractivity contribution in [3.05, 3.63) is 84.1 Å². The number of hydrogen-bond donors (Lipinski definition) is 0. The molecule has 0 unspecified atom stereocenters. The van der Waals surface area contributed by atoms with E-state index in [4.69, 9.17) is 0 Å². The van der Waals surface area contributed by atoms with Crippen LogP contribution in [0, 0.1) is 13.8 Å². The van der Waals surface area contributed by atoms with Gasteiger partial charge in [-0.3, -0.25) is 4.90 Å². The predicted molar refractivity (Wildman–Crippen MR) is 88.4 cm³/mol. The van der Waals surface area contributed by atoms with Crippen LogP contribution in [0.15, 0.2) is 72.9 Å². The number of pyridine rings is 1. The van der Waals surface area contributed by atoms with Crippen molar-refractivity contribution >= 4 is 17.2 Å². The maximum Gasteiger partial charge on any atom is 0.137 e. The predicted octanol–water partition coefficient (Wildman–Crippen LogP) is 5.17. The van der Waals surface area contributed by atoms with Gasteiger partial charge in [-0.2, -0.15) is 0 Å². The van der Waals surface area contributed by atoms with Gasteiger partial charge in [0, 0.05) is 17.6 Å². The monoisotopic (exact) mass is 274 g/mol. The molecule has 3 aromatic rings. The maximum absolute atomic E-state index is 4.50. The summed E-state index contributed by atoms with van der Waals surface area (Å²) in [5, 5.41) is 0. The number of hydrogen-bond acceptors (Lipinski definition) is 2. The molecule has 1 heterocycles. The van der Waals surface area contributed by atoms with E-state index in [0.717, 1.165) is 17.2 Å². The third-order valence-electron chi connectivity index (χ3n) is 3.46. The topological polar surface area (TPSA) is 16.1 Å². The zero-order valence-electron chi connectivity index (χ0n) is 12.3. The molecule has 0 aliphatic carbocycles. The summed E-state index contributed by atoms with van der Waals surface area (Å²) in [5.41, 5.74) is 4.73. The summed E-state index contributed by atoms with van der Waals surface area (Å²) in [6.07, 6.45) is 1.82. The minimum atomic E-state index is 0.921. The Morgan fingerprint density at radius 3 is 1.62 bits per heavy atom. The van der Waals surface area contributed by atoms with Gasteiger partial charge in [0.05, 0.1) is 0 Å². The maximum atomic E-state index is 4.50. The van der Waals surface area contributed by atoms with Gasteiger partial charge in [0.15, 0.2) is 0 Å². The van der Waals surface area contributed by atoms with E-state index in [-0.39, 0.29) is 0 Å². The lowest BCUT2D eigenvalue weighted by Gasteiger charge is -2.24. The number of anilines is 3. The molecule has 0 atom stereocenters.